The molecule has 0 saturated heterocycles. The predicted octanol–water partition coefficient (Wildman–Crippen LogP) is 4.02. The highest BCUT2D eigenvalue weighted by Gasteiger charge is 2.16. The van der Waals surface area contributed by atoms with E-state index in [9.17, 15) is 4.79 Å². The number of amides is 1. The van der Waals surface area contributed by atoms with Crippen LogP contribution >= 0.6 is 11.3 Å². The van der Waals surface area contributed by atoms with Gasteiger partial charge in [-0.2, -0.15) is 4.98 Å². The molecule has 136 valence electrons. The molecule has 0 spiro atoms. The van der Waals surface area contributed by atoms with Gasteiger partial charge in [0.25, 0.3) is 0 Å². The van der Waals surface area contributed by atoms with Gasteiger partial charge in [-0.1, -0.05) is 18.0 Å². The lowest BCUT2D eigenvalue weighted by Crippen LogP contribution is -2.12. The van der Waals surface area contributed by atoms with Crippen LogP contribution in [0.3, 0.4) is 0 Å². The zero-order chi connectivity index (χ0) is 17.8. The number of thiazole rings is 1. The van der Waals surface area contributed by atoms with Gasteiger partial charge in [-0.05, 0) is 37.8 Å². The molecule has 0 aromatic carbocycles. The van der Waals surface area contributed by atoms with Gasteiger partial charge in [0.05, 0.1) is 12.0 Å². The highest BCUT2D eigenvalue weighted by atomic mass is 32.1. The summed E-state index contributed by atoms with van der Waals surface area (Å²) in [7, 11) is 0. The van der Waals surface area contributed by atoms with Gasteiger partial charge in [-0.25, -0.2) is 4.98 Å². The summed E-state index contributed by atoms with van der Waals surface area (Å²) in [5.74, 6) is 1.26. The number of carbonyl (C=O) groups excluding carboxylic acids is 1. The summed E-state index contributed by atoms with van der Waals surface area (Å²) < 4.78 is 10.4. The monoisotopic (exact) mass is 372 g/mol. The molecule has 7 nitrogen and oxygen atoms in total. The van der Waals surface area contributed by atoms with Crippen LogP contribution in [0.25, 0.3) is 11.6 Å². The second-order valence-corrected chi connectivity index (χ2v) is 7.42. The Morgan fingerprint density at radius 3 is 2.92 bits per heavy atom. The maximum atomic E-state index is 12.2. The molecule has 0 radical (unpaired) electrons. The number of nitrogens with zero attached hydrogens (tertiary/aromatic N) is 3. The van der Waals surface area contributed by atoms with Crippen molar-refractivity contribution < 1.29 is 13.7 Å². The van der Waals surface area contributed by atoms with Crippen LogP contribution < -0.4 is 5.32 Å². The van der Waals surface area contributed by atoms with Crippen LogP contribution in [0.15, 0.2) is 27.3 Å². The minimum absolute atomic E-state index is 0.0931. The maximum Gasteiger partial charge on any atom is 0.238 e. The molecule has 0 atom stereocenters. The molecule has 0 aliphatic heterocycles. The van der Waals surface area contributed by atoms with Crippen LogP contribution in [-0.4, -0.2) is 21.0 Å². The fourth-order valence-electron chi connectivity index (χ4n) is 3.02. The number of fused-ring (bicyclic) bond motifs is 1. The predicted molar refractivity (Wildman–Crippen MR) is 96.9 cm³/mol. The lowest BCUT2D eigenvalue weighted by molar-refractivity contribution is -0.116. The van der Waals surface area contributed by atoms with Gasteiger partial charge in [0.1, 0.15) is 0 Å². The number of furan rings is 1. The van der Waals surface area contributed by atoms with E-state index >= 15 is 0 Å². The van der Waals surface area contributed by atoms with Gasteiger partial charge >= 0.3 is 0 Å². The number of carbonyl (C=O) groups is 1. The Bertz CT molecular complexity index is 844. The van der Waals surface area contributed by atoms with E-state index in [1.54, 1.807) is 29.7 Å². The molecule has 0 saturated carbocycles. The van der Waals surface area contributed by atoms with Crippen molar-refractivity contribution in [2.24, 2.45) is 0 Å². The van der Waals surface area contributed by atoms with Gasteiger partial charge in [-0.3, -0.25) is 4.79 Å². The van der Waals surface area contributed by atoms with Crippen LogP contribution in [0.5, 0.6) is 0 Å². The number of hydrogen-bond donors (Lipinski definition) is 1. The third kappa shape index (κ3) is 4.01. The van der Waals surface area contributed by atoms with Crippen LogP contribution in [-0.2, 0) is 24.1 Å². The Hall–Kier alpha value is -2.48. The van der Waals surface area contributed by atoms with E-state index < -0.39 is 0 Å². The largest absolute Gasteiger partial charge is 0.461 e. The second-order valence-electron chi connectivity index (χ2n) is 6.34. The Morgan fingerprint density at radius 1 is 1.19 bits per heavy atom. The minimum Gasteiger partial charge on any atom is -0.461 e. The summed E-state index contributed by atoms with van der Waals surface area (Å²) in [5, 5.41) is 7.46. The molecule has 8 heteroatoms. The van der Waals surface area contributed by atoms with E-state index in [1.165, 1.54) is 30.6 Å². The van der Waals surface area contributed by atoms with Crippen LogP contribution in [0.4, 0.5) is 5.13 Å². The number of anilines is 1. The Morgan fingerprint density at radius 2 is 2.08 bits per heavy atom. The third-order valence-electron chi connectivity index (χ3n) is 4.37. The summed E-state index contributed by atoms with van der Waals surface area (Å²) in [6.45, 7) is 0. The molecule has 3 heterocycles. The van der Waals surface area contributed by atoms with E-state index in [4.69, 9.17) is 8.94 Å². The van der Waals surface area contributed by atoms with Crippen molar-refractivity contribution in [2.45, 2.75) is 51.4 Å². The summed E-state index contributed by atoms with van der Waals surface area (Å²) >= 11 is 1.60. The lowest BCUT2D eigenvalue weighted by atomic mass is 10.0. The van der Waals surface area contributed by atoms with Gasteiger partial charge in [-0.15, -0.1) is 11.3 Å². The Kier molecular flexibility index (Phi) is 5.10. The van der Waals surface area contributed by atoms with Crippen LogP contribution in [0.2, 0.25) is 0 Å². The average molecular weight is 372 g/mol. The van der Waals surface area contributed by atoms with Gasteiger partial charge in [0.2, 0.25) is 17.6 Å². The van der Waals surface area contributed by atoms with Crippen molar-refractivity contribution in [3.05, 3.63) is 34.9 Å². The summed E-state index contributed by atoms with van der Waals surface area (Å²) in [4.78, 5) is 22.4. The number of rotatable bonds is 5. The van der Waals surface area contributed by atoms with E-state index in [2.05, 4.69) is 20.4 Å². The second kappa shape index (κ2) is 7.82. The zero-order valence-corrected chi connectivity index (χ0v) is 15.2. The third-order valence-corrected chi connectivity index (χ3v) is 5.44. The molecule has 1 aliphatic rings. The average Bonchev–Trinajstić information content (AvgIpc) is 3.34. The topological polar surface area (TPSA) is 94.0 Å². The Labute approximate surface area is 154 Å². The van der Waals surface area contributed by atoms with Crippen molar-refractivity contribution in [3.8, 4) is 11.6 Å². The molecule has 1 N–H and O–H groups in total. The first kappa shape index (κ1) is 17.0. The highest BCUT2D eigenvalue weighted by Crippen LogP contribution is 2.28. The molecule has 1 amide bonds. The summed E-state index contributed by atoms with van der Waals surface area (Å²) in [6, 6.07) is 3.52. The number of hydrogen-bond acceptors (Lipinski definition) is 7. The number of aryl methyl sites for hydroxylation is 3. The lowest BCUT2D eigenvalue weighted by Gasteiger charge is -2.06. The quantitative estimate of drug-likeness (QED) is 0.727. The van der Waals surface area contributed by atoms with Gasteiger partial charge in [0, 0.05) is 17.7 Å². The highest BCUT2D eigenvalue weighted by molar-refractivity contribution is 7.15. The summed E-state index contributed by atoms with van der Waals surface area (Å²) in [6.07, 6.45) is 9.22. The molecule has 3 aromatic rings. The SMILES string of the molecule is O=C(CCc1nc(-c2ccco2)no1)Nc1nc2c(s1)CCCCCC2. The first-order chi connectivity index (χ1) is 12.8. The molecule has 0 fully saturated rings. The first-order valence-corrected chi connectivity index (χ1v) is 9.74. The smallest absolute Gasteiger partial charge is 0.238 e. The standard InChI is InChI=1S/C18H20N4O3S/c23-15(9-10-16-21-17(22-25-16)13-7-5-11-24-13)20-18-19-12-6-3-1-2-4-8-14(12)26-18/h5,7,11H,1-4,6,8-10H2,(H,19,20,23). The van der Waals surface area contributed by atoms with Crippen molar-refractivity contribution in [3.63, 3.8) is 0 Å². The molecule has 0 bridgehead atoms. The van der Waals surface area contributed by atoms with Crippen LogP contribution in [0, 0.1) is 0 Å². The van der Waals surface area contributed by atoms with E-state index in [-0.39, 0.29) is 12.3 Å². The zero-order valence-electron chi connectivity index (χ0n) is 14.4. The summed E-state index contributed by atoms with van der Waals surface area (Å²) in [5.41, 5.74) is 1.16. The number of aromatic nitrogens is 3. The van der Waals surface area contributed by atoms with E-state index in [0.29, 0.717) is 29.0 Å². The molecule has 3 aromatic heterocycles. The number of nitrogens with one attached hydrogen (secondary N) is 1. The van der Waals surface area contributed by atoms with Gasteiger partial charge in [0.15, 0.2) is 10.9 Å². The molecule has 4 rings (SSSR count). The van der Waals surface area contributed by atoms with Crippen LogP contribution in [0.1, 0.15) is 48.6 Å². The molecular weight excluding hydrogens is 352 g/mol. The molecule has 0 unspecified atom stereocenters. The van der Waals surface area contributed by atoms with E-state index in [1.807, 2.05) is 0 Å². The van der Waals surface area contributed by atoms with Crippen molar-refractivity contribution >= 4 is 22.4 Å². The molecule has 1 aliphatic carbocycles. The van der Waals surface area contributed by atoms with Crippen molar-refractivity contribution in [1.82, 2.24) is 15.1 Å². The fourth-order valence-corrected chi connectivity index (χ4v) is 4.09. The first-order valence-electron chi connectivity index (χ1n) is 8.93. The van der Waals surface area contributed by atoms with Crippen molar-refractivity contribution in [2.75, 3.05) is 5.32 Å². The molecule has 26 heavy (non-hydrogen) atoms. The fraction of sp³-hybridized carbons (Fsp3) is 0.444. The molecular formula is C18H20N4O3S. The van der Waals surface area contributed by atoms with Crippen molar-refractivity contribution in [1.29, 1.82) is 0 Å². The Balaban J connectivity index is 1.32. The van der Waals surface area contributed by atoms with E-state index in [0.717, 1.165) is 18.5 Å². The van der Waals surface area contributed by atoms with Gasteiger partial charge < -0.3 is 14.3 Å². The normalized spacial score (nSPS) is 14.5. The minimum atomic E-state index is -0.0931. The maximum absolute atomic E-state index is 12.2.